The van der Waals surface area contributed by atoms with E-state index in [0.29, 0.717) is 20.0 Å². The summed E-state index contributed by atoms with van der Waals surface area (Å²) in [6.45, 7) is 1.60. The number of piperidine rings is 1. The fraction of sp³-hybridized carbons (Fsp3) is 0.350. The number of rotatable bonds is 5. The molecule has 0 amide bonds. The van der Waals surface area contributed by atoms with Crippen molar-refractivity contribution in [3.05, 3.63) is 46.6 Å². The van der Waals surface area contributed by atoms with Gasteiger partial charge in [-0.05, 0) is 55.7 Å². The molecular formula is C20H20BrF2N3O3S. The lowest BCUT2D eigenvalue weighted by Gasteiger charge is -2.30. The second-order valence-corrected chi connectivity index (χ2v) is 9.76. The lowest BCUT2D eigenvalue weighted by atomic mass is 10.1. The Bertz CT molecular complexity index is 1190. The number of fused-ring (bicyclic) bond motifs is 1. The van der Waals surface area contributed by atoms with Gasteiger partial charge in [0.15, 0.2) is 0 Å². The summed E-state index contributed by atoms with van der Waals surface area (Å²) in [7, 11) is -2.68. The summed E-state index contributed by atoms with van der Waals surface area (Å²) in [6, 6.07) is 9.03. The summed E-state index contributed by atoms with van der Waals surface area (Å²) in [4.78, 5) is 2.05. The maximum absolute atomic E-state index is 13.5. The minimum Gasteiger partial charge on any atom is -0.495 e. The Morgan fingerprint density at radius 3 is 2.50 bits per heavy atom. The van der Waals surface area contributed by atoms with Crippen LogP contribution >= 0.6 is 15.9 Å². The van der Waals surface area contributed by atoms with Crippen LogP contribution < -0.4 is 9.64 Å². The smallest absolute Gasteiger partial charge is 0.283 e. The van der Waals surface area contributed by atoms with Gasteiger partial charge in [-0.25, -0.2) is 8.78 Å². The standard InChI is InChI=1S/C20H20BrF2N3O3S/c1-29-18-8-6-14(12-17(18)25-9-3-2-4-10-25)30(27,28)26-16-11-13(21)5-7-15(16)19(24-26)20(22)23/h5-8,11-12,20H,2-4,9-10H2,1H3. The maximum atomic E-state index is 13.5. The van der Waals surface area contributed by atoms with Gasteiger partial charge < -0.3 is 9.64 Å². The first-order chi connectivity index (χ1) is 14.3. The van der Waals surface area contributed by atoms with E-state index in [1.807, 2.05) is 0 Å². The first-order valence-electron chi connectivity index (χ1n) is 9.48. The molecule has 1 aliphatic heterocycles. The molecule has 1 aromatic heterocycles. The molecule has 2 heterocycles. The van der Waals surface area contributed by atoms with E-state index >= 15 is 0 Å². The lowest BCUT2D eigenvalue weighted by Crippen LogP contribution is -2.30. The van der Waals surface area contributed by atoms with E-state index in [2.05, 4.69) is 25.9 Å². The van der Waals surface area contributed by atoms with Crippen LogP contribution in [0, 0.1) is 0 Å². The summed E-state index contributed by atoms with van der Waals surface area (Å²) < 4.78 is 60.5. The number of alkyl halides is 2. The zero-order valence-corrected chi connectivity index (χ0v) is 18.6. The van der Waals surface area contributed by atoms with Crippen LogP contribution in [0.15, 0.2) is 45.8 Å². The number of hydrogen-bond acceptors (Lipinski definition) is 5. The Morgan fingerprint density at radius 1 is 1.10 bits per heavy atom. The molecule has 0 radical (unpaired) electrons. The molecule has 2 aromatic carbocycles. The number of nitrogens with zero attached hydrogens (tertiary/aromatic N) is 3. The van der Waals surface area contributed by atoms with Gasteiger partial charge in [0, 0.05) is 22.9 Å². The van der Waals surface area contributed by atoms with Gasteiger partial charge in [0.25, 0.3) is 16.4 Å². The molecule has 30 heavy (non-hydrogen) atoms. The summed E-state index contributed by atoms with van der Waals surface area (Å²) >= 11 is 3.27. The fourth-order valence-corrected chi connectivity index (χ4v) is 5.40. The minimum absolute atomic E-state index is 0.0333. The van der Waals surface area contributed by atoms with Gasteiger partial charge in [-0.2, -0.15) is 17.6 Å². The summed E-state index contributed by atoms with van der Waals surface area (Å²) in [5.41, 5.74) is 0.200. The Morgan fingerprint density at radius 2 is 1.83 bits per heavy atom. The molecule has 1 fully saturated rings. The number of methoxy groups -OCH3 is 1. The number of anilines is 1. The number of halogens is 3. The van der Waals surface area contributed by atoms with Crippen LogP contribution in [0.4, 0.5) is 14.5 Å². The molecule has 0 aliphatic carbocycles. The average Bonchev–Trinajstić information content (AvgIpc) is 3.13. The van der Waals surface area contributed by atoms with E-state index in [1.165, 1.54) is 31.4 Å². The molecule has 0 spiro atoms. The third kappa shape index (κ3) is 3.66. The number of ether oxygens (including phenoxy) is 1. The third-order valence-corrected chi connectivity index (χ3v) is 7.30. The molecule has 10 heteroatoms. The van der Waals surface area contributed by atoms with Crippen molar-refractivity contribution in [1.29, 1.82) is 0 Å². The van der Waals surface area contributed by atoms with Crippen molar-refractivity contribution >= 4 is 42.5 Å². The molecule has 1 saturated heterocycles. The van der Waals surface area contributed by atoms with Crippen LogP contribution in [0.1, 0.15) is 31.4 Å². The van der Waals surface area contributed by atoms with E-state index in [4.69, 9.17) is 4.74 Å². The SMILES string of the molecule is COc1ccc(S(=O)(=O)n2nc(C(F)F)c3ccc(Br)cc32)cc1N1CCCCC1. The second-order valence-electron chi connectivity index (χ2n) is 7.08. The van der Waals surface area contributed by atoms with Crippen LogP contribution in [0.2, 0.25) is 0 Å². The van der Waals surface area contributed by atoms with Crippen LogP contribution in [-0.2, 0) is 10.0 Å². The van der Waals surface area contributed by atoms with Crippen molar-refractivity contribution in [3.63, 3.8) is 0 Å². The van der Waals surface area contributed by atoms with E-state index in [0.717, 1.165) is 32.4 Å². The van der Waals surface area contributed by atoms with Crippen molar-refractivity contribution in [2.45, 2.75) is 30.6 Å². The molecule has 0 saturated carbocycles. The van der Waals surface area contributed by atoms with Gasteiger partial charge in [-0.1, -0.05) is 15.9 Å². The summed E-state index contributed by atoms with van der Waals surface area (Å²) in [5.74, 6) is 0.567. The number of benzene rings is 2. The summed E-state index contributed by atoms with van der Waals surface area (Å²) in [6.07, 6.45) is 0.247. The van der Waals surface area contributed by atoms with E-state index in [1.54, 1.807) is 12.1 Å². The molecule has 0 unspecified atom stereocenters. The van der Waals surface area contributed by atoms with Gasteiger partial charge in [-0.3, -0.25) is 0 Å². The minimum atomic E-state index is -4.21. The van der Waals surface area contributed by atoms with Crippen molar-refractivity contribution < 1.29 is 21.9 Å². The zero-order chi connectivity index (χ0) is 21.5. The van der Waals surface area contributed by atoms with E-state index in [-0.39, 0.29) is 15.8 Å². The van der Waals surface area contributed by atoms with Crippen molar-refractivity contribution in [2.75, 3.05) is 25.1 Å². The van der Waals surface area contributed by atoms with Crippen molar-refractivity contribution in [3.8, 4) is 5.75 Å². The topological polar surface area (TPSA) is 64.4 Å². The van der Waals surface area contributed by atoms with Gasteiger partial charge in [-0.15, -0.1) is 0 Å². The average molecular weight is 500 g/mol. The lowest BCUT2D eigenvalue weighted by molar-refractivity contribution is 0.147. The Kier molecular flexibility index (Phi) is 5.71. The largest absolute Gasteiger partial charge is 0.495 e. The number of aromatic nitrogens is 2. The summed E-state index contributed by atoms with van der Waals surface area (Å²) in [5, 5.41) is 3.87. The highest BCUT2D eigenvalue weighted by Gasteiger charge is 2.28. The van der Waals surface area contributed by atoms with Crippen LogP contribution in [0.5, 0.6) is 5.75 Å². The van der Waals surface area contributed by atoms with Gasteiger partial charge in [0.2, 0.25) is 0 Å². The monoisotopic (exact) mass is 499 g/mol. The molecule has 6 nitrogen and oxygen atoms in total. The Hall–Kier alpha value is -2.20. The fourth-order valence-electron chi connectivity index (χ4n) is 3.74. The Labute approximate surface area is 181 Å². The molecular weight excluding hydrogens is 480 g/mol. The zero-order valence-electron chi connectivity index (χ0n) is 16.2. The molecule has 1 aliphatic rings. The van der Waals surface area contributed by atoms with Crippen LogP contribution in [0.3, 0.4) is 0 Å². The first-order valence-corrected chi connectivity index (χ1v) is 11.7. The molecule has 0 atom stereocenters. The molecule has 160 valence electrons. The van der Waals surface area contributed by atoms with E-state index < -0.39 is 22.1 Å². The van der Waals surface area contributed by atoms with Gasteiger partial charge >= 0.3 is 0 Å². The number of hydrogen-bond donors (Lipinski definition) is 0. The molecule has 4 rings (SSSR count). The third-order valence-electron chi connectivity index (χ3n) is 5.22. The highest BCUT2D eigenvalue weighted by molar-refractivity contribution is 9.10. The highest BCUT2D eigenvalue weighted by Crippen LogP contribution is 2.35. The molecule has 0 N–H and O–H groups in total. The predicted octanol–water partition coefficient (Wildman–Crippen LogP) is 4.97. The predicted molar refractivity (Wildman–Crippen MR) is 114 cm³/mol. The highest BCUT2D eigenvalue weighted by atomic mass is 79.9. The van der Waals surface area contributed by atoms with Crippen molar-refractivity contribution in [1.82, 2.24) is 9.19 Å². The quantitative estimate of drug-likeness (QED) is 0.495. The maximum Gasteiger partial charge on any atom is 0.283 e. The molecule has 0 bridgehead atoms. The molecule has 3 aromatic rings. The van der Waals surface area contributed by atoms with Gasteiger partial charge in [0.1, 0.15) is 11.4 Å². The van der Waals surface area contributed by atoms with Crippen LogP contribution in [0.25, 0.3) is 10.9 Å². The Balaban J connectivity index is 1.87. The second kappa shape index (κ2) is 8.14. The van der Waals surface area contributed by atoms with E-state index in [9.17, 15) is 17.2 Å². The van der Waals surface area contributed by atoms with Crippen LogP contribution in [-0.4, -0.2) is 37.8 Å². The van der Waals surface area contributed by atoms with Crippen molar-refractivity contribution in [2.24, 2.45) is 0 Å². The normalized spacial score (nSPS) is 15.2. The first kappa shape index (κ1) is 21.0. The van der Waals surface area contributed by atoms with Gasteiger partial charge in [0.05, 0.1) is 23.2 Å².